The molecule has 0 aromatic heterocycles. The van der Waals surface area contributed by atoms with E-state index in [-0.39, 0.29) is 10.9 Å². The van der Waals surface area contributed by atoms with Gasteiger partial charge in [-0.3, -0.25) is 0 Å². The summed E-state index contributed by atoms with van der Waals surface area (Å²) in [6.07, 6.45) is -0.108. The van der Waals surface area contributed by atoms with Crippen molar-refractivity contribution in [2.24, 2.45) is 0 Å². The van der Waals surface area contributed by atoms with Crippen molar-refractivity contribution in [3.63, 3.8) is 0 Å². The van der Waals surface area contributed by atoms with E-state index in [9.17, 15) is 13.5 Å². The van der Waals surface area contributed by atoms with E-state index in [2.05, 4.69) is 0 Å². The number of hydrogen-bond acceptors (Lipinski definition) is 3. The minimum absolute atomic E-state index is 0.171. The smallest absolute Gasteiger partial charge is 0.243 e. The summed E-state index contributed by atoms with van der Waals surface area (Å²) in [6, 6.07) is 16.0. The van der Waals surface area contributed by atoms with E-state index < -0.39 is 16.1 Å². The molecule has 0 heterocycles. The van der Waals surface area contributed by atoms with Gasteiger partial charge < -0.3 is 5.11 Å². The minimum Gasteiger partial charge on any atom is -0.388 e. The van der Waals surface area contributed by atoms with Crippen LogP contribution in [-0.2, 0) is 16.6 Å². The van der Waals surface area contributed by atoms with E-state index in [0.717, 1.165) is 5.56 Å². The van der Waals surface area contributed by atoms with Gasteiger partial charge in [-0.05, 0) is 43.5 Å². The second kappa shape index (κ2) is 7.92. The lowest BCUT2D eigenvalue weighted by Gasteiger charge is -2.26. The summed E-state index contributed by atoms with van der Waals surface area (Å²) in [5, 5.41) is 9.99. The van der Waals surface area contributed by atoms with Crippen molar-refractivity contribution < 1.29 is 13.5 Å². The summed E-state index contributed by atoms with van der Waals surface area (Å²) in [7, 11) is -3.64. The van der Waals surface area contributed by atoms with Crippen LogP contribution in [0.1, 0.15) is 44.4 Å². The Labute approximate surface area is 144 Å². The number of benzene rings is 2. The van der Waals surface area contributed by atoms with Crippen molar-refractivity contribution in [3.8, 4) is 0 Å². The van der Waals surface area contributed by atoms with Crippen molar-refractivity contribution in [2.45, 2.75) is 50.8 Å². The zero-order valence-electron chi connectivity index (χ0n) is 14.4. The molecule has 1 atom stereocenters. The summed E-state index contributed by atoms with van der Waals surface area (Å²) in [6.45, 7) is 5.92. The maximum absolute atomic E-state index is 13.1. The van der Waals surface area contributed by atoms with E-state index in [1.807, 2.05) is 51.1 Å². The standard InChI is InChI=1S/C19H25NO3S/c1-4-19(21)17-11-8-12-18(13-17)24(22,23)20(15(2)3)14-16-9-6-5-7-10-16/h5-13,15,19,21H,4,14H2,1-3H3. The fraction of sp³-hybridized carbons (Fsp3) is 0.368. The molecule has 0 saturated carbocycles. The first kappa shape index (κ1) is 18.6. The molecule has 2 rings (SSSR count). The van der Waals surface area contributed by atoms with Crippen molar-refractivity contribution in [1.82, 2.24) is 4.31 Å². The minimum atomic E-state index is -3.64. The molecule has 1 unspecified atom stereocenters. The van der Waals surface area contributed by atoms with Crippen LogP contribution in [0, 0.1) is 0 Å². The first-order chi connectivity index (χ1) is 11.4. The third-order valence-corrected chi connectivity index (χ3v) is 6.01. The van der Waals surface area contributed by atoms with Crippen molar-refractivity contribution >= 4 is 10.0 Å². The SMILES string of the molecule is CCC(O)c1cccc(S(=O)(=O)N(Cc2ccccc2)C(C)C)c1. The molecule has 24 heavy (non-hydrogen) atoms. The molecular formula is C19H25NO3S. The lowest BCUT2D eigenvalue weighted by molar-refractivity contribution is 0.173. The highest BCUT2D eigenvalue weighted by Gasteiger charge is 2.27. The molecule has 0 saturated heterocycles. The van der Waals surface area contributed by atoms with E-state index in [0.29, 0.717) is 18.5 Å². The van der Waals surface area contributed by atoms with Crippen molar-refractivity contribution in [1.29, 1.82) is 0 Å². The number of rotatable bonds is 7. The van der Waals surface area contributed by atoms with Gasteiger partial charge in [0, 0.05) is 12.6 Å². The van der Waals surface area contributed by atoms with Gasteiger partial charge in [0.2, 0.25) is 10.0 Å². The quantitative estimate of drug-likeness (QED) is 0.830. The first-order valence-electron chi connectivity index (χ1n) is 8.20. The summed E-state index contributed by atoms with van der Waals surface area (Å²) in [5.74, 6) is 0. The fourth-order valence-corrected chi connectivity index (χ4v) is 4.24. The fourth-order valence-electron chi connectivity index (χ4n) is 2.56. The summed E-state index contributed by atoms with van der Waals surface area (Å²) in [4.78, 5) is 0.220. The van der Waals surface area contributed by atoms with Gasteiger partial charge >= 0.3 is 0 Å². The molecule has 0 aliphatic heterocycles. The van der Waals surface area contributed by atoms with Crippen molar-refractivity contribution in [2.75, 3.05) is 0 Å². The summed E-state index contributed by atoms with van der Waals surface area (Å²) >= 11 is 0. The Balaban J connectivity index is 2.38. The second-order valence-electron chi connectivity index (χ2n) is 6.13. The third-order valence-electron chi connectivity index (χ3n) is 3.99. The average Bonchev–Trinajstić information content (AvgIpc) is 2.59. The largest absolute Gasteiger partial charge is 0.388 e. The molecule has 130 valence electrons. The molecular weight excluding hydrogens is 322 g/mol. The Morgan fingerprint density at radius 2 is 1.71 bits per heavy atom. The van der Waals surface area contributed by atoms with E-state index in [1.165, 1.54) is 4.31 Å². The third kappa shape index (κ3) is 4.23. The van der Waals surface area contributed by atoms with Gasteiger partial charge in [-0.2, -0.15) is 4.31 Å². The van der Waals surface area contributed by atoms with Gasteiger partial charge in [-0.1, -0.05) is 49.4 Å². The topological polar surface area (TPSA) is 57.6 Å². The number of nitrogens with zero attached hydrogens (tertiary/aromatic N) is 1. The average molecular weight is 347 g/mol. The molecule has 0 amide bonds. The highest BCUT2D eigenvalue weighted by atomic mass is 32.2. The molecule has 2 aromatic rings. The van der Waals surface area contributed by atoms with Gasteiger partial charge in [0.05, 0.1) is 11.0 Å². The van der Waals surface area contributed by atoms with Crippen LogP contribution in [0.5, 0.6) is 0 Å². The van der Waals surface area contributed by atoms with E-state index >= 15 is 0 Å². The summed E-state index contributed by atoms with van der Waals surface area (Å²) < 4.78 is 27.7. The highest BCUT2D eigenvalue weighted by Crippen LogP contribution is 2.25. The van der Waals surface area contributed by atoms with Crippen molar-refractivity contribution in [3.05, 3.63) is 65.7 Å². The van der Waals surface area contributed by atoms with Gasteiger partial charge in [0.1, 0.15) is 0 Å². The molecule has 2 aromatic carbocycles. The maximum Gasteiger partial charge on any atom is 0.243 e. The predicted molar refractivity (Wildman–Crippen MR) is 96.0 cm³/mol. The molecule has 0 aliphatic rings. The molecule has 1 N–H and O–H groups in total. The molecule has 0 bridgehead atoms. The molecule has 0 aliphatic carbocycles. The Hall–Kier alpha value is -1.69. The van der Waals surface area contributed by atoms with Crippen LogP contribution in [0.3, 0.4) is 0 Å². The second-order valence-corrected chi connectivity index (χ2v) is 8.02. The first-order valence-corrected chi connectivity index (χ1v) is 9.64. The molecule has 5 heteroatoms. The van der Waals surface area contributed by atoms with Crippen LogP contribution >= 0.6 is 0 Å². The van der Waals surface area contributed by atoms with Gasteiger partial charge in [-0.25, -0.2) is 8.42 Å². The van der Waals surface area contributed by atoms with Gasteiger partial charge in [0.25, 0.3) is 0 Å². The number of aliphatic hydroxyl groups is 1. The molecule has 0 spiro atoms. The lowest BCUT2D eigenvalue weighted by atomic mass is 10.1. The Kier molecular flexibility index (Phi) is 6.15. The van der Waals surface area contributed by atoms with Crippen LogP contribution < -0.4 is 0 Å². The van der Waals surface area contributed by atoms with E-state index in [1.54, 1.807) is 24.3 Å². The Morgan fingerprint density at radius 1 is 1.04 bits per heavy atom. The monoisotopic (exact) mass is 347 g/mol. The summed E-state index contributed by atoms with van der Waals surface area (Å²) in [5.41, 5.74) is 1.57. The van der Waals surface area contributed by atoms with Crippen LogP contribution in [-0.4, -0.2) is 23.9 Å². The van der Waals surface area contributed by atoms with Gasteiger partial charge in [-0.15, -0.1) is 0 Å². The highest BCUT2D eigenvalue weighted by molar-refractivity contribution is 7.89. The van der Waals surface area contributed by atoms with Crippen LogP contribution in [0.15, 0.2) is 59.5 Å². The Morgan fingerprint density at radius 3 is 2.29 bits per heavy atom. The number of hydrogen-bond donors (Lipinski definition) is 1. The number of aliphatic hydroxyl groups excluding tert-OH is 1. The Bertz CT molecular complexity index is 757. The molecule has 0 fully saturated rings. The molecule has 4 nitrogen and oxygen atoms in total. The normalized spacial score (nSPS) is 13.4. The van der Waals surface area contributed by atoms with Crippen LogP contribution in [0.4, 0.5) is 0 Å². The van der Waals surface area contributed by atoms with Crippen LogP contribution in [0.25, 0.3) is 0 Å². The zero-order chi connectivity index (χ0) is 17.7. The number of sulfonamides is 1. The van der Waals surface area contributed by atoms with Gasteiger partial charge in [0.15, 0.2) is 0 Å². The lowest BCUT2D eigenvalue weighted by Crippen LogP contribution is -2.36. The maximum atomic E-state index is 13.1. The zero-order valence-corrected chi connectivity index (χ0v) is 15.2. The van der Waals surface area contributed by atoms with Crippen LogP contribution in [0.2, 0.25) is 0 Å². The van der Waals surface area contributed by atoms with E-state index in [4.69, 9.17) is 0 Å². The predicted octanol–water partition coefficient (Wildman–Crippen LogP) is 3.73. The molecule has 0 radical (unpaired) electrons.